The fourth-order valence-corrected chi connectivity index (χ4v) is 1.77. The van der Waals surface area contributed by atoms with Gasteiger partial charge in [0.2, 0.25) is 11.8 Å². The number of aliphatic carboxylic acids is 1. The molecule has 2 N–H and O–H groups in total. The van der Waals surface area contributed by atoms with Crippen molar-refractivity contribution in [2.45, 2.75) is 65.7 Å². The van der Waals surface area contributed by atoms with E-state index < -0.39 is 11.4 Å². The Balaban J connectivity index is 2.27. The zero-order valence-corrected chi connectivity index (χ0v) is 14.6. The molecule has 0 bridgehead atoms. The Morgan fingerprint density at radius 2 is 1.87 bits per heavy atom. The molecule has 7 nitrogen and oxygen atoms in total. The highest BCUT2D eigenvalue weighted by Gasteiger charge is 2.26. The van der Waals surface area contributed by atoms with E-state index in [4.69, 9.17) is 9.63 Å². The van der Waals surface area contributed by atoms with E-state index in [1.807, 2.05) is 20.8 Å². The van der Waals surface area contributed by atoms with E-state index in [2.05, 4.69) is 15.5 Å². The van der Waals surface area contributed by atoms with Crippen LogP contribution in [0, 0.1) is 5.41 Å². The van der Waals surface area contributed by atoms with Crippen LogP contribution in [0.25, 0.3) is 0 Å². The van der Waals surface area contributed by atoms with Crippen molar-refractivity contribution in [2.75, 3.05) is 6.54 Å². The normalized spacial score (nSPS) is 12.2. The van der Waals surface area contributed by atoms with Gasteiger partial charge in [-0.2, -0.15) is 4.98 Å². The number of amides is 1. The first-order valence-electron chi connectivity index (χ1n) is 7.85. The van der Waals surface area contributed by atoms with Gasteiger partial charge in [0.1, 0.15) is 0 Å². The van der Waals surface area contributed by atoms with Crippen molar-refractivity contribution in [1.82, 2.24) is 15.5 Å². The maximum atomic E-state index is 11.7. The first kappa shape index (κ1) is 19.1. The standard InChI is InChI=1S/C16H27N3O4/c1-15(2,3)13-18-12(23-19-13)8-6-7-11(20)17-10-9-16(4,5)14(21)22/h6-10H2,1-5H3,(H,17,20)(H,21,22). The molecule has 1 aromatic rings. The second-order valence-electron chi connectivity index (χ2n) is 7.40. The minimum atomic E-state index is -0.863. The van der Waals surface area contributed by atoms with E-state index in [1.54, 1.807) is 13.8 Å². The quantitative estimate of drug-likeness (QED) is 0.760. The average molecular weight is 325 g/mol. The van der Waals surface area contributed by atoms with Crippen molar-refractivity contribution >= 4 is 11.9 Å². The van der Waals surface area contributed by atoms with Crippen LogP contribution in [-0.2, 0) is 21.4 Å². The summed E-state index contributed by atoms with van der Waals surface area (Å²) < 4.78 is 5.17. The number of nitrogens with one attached hydrogen (secondary N) is 1. The molecule has 1 aromatic heterocycles. The highest BCUT2D eigenvalue weighted by Crippen LogP contribution is 2.20. The van der Waals surface area contributed by atoms with Gasteiger partial charge in [0, 0.05) is 24.8 Å². The lowest BCUT2D eigenvalue weighted by atomic mass is 9.90. The van der Waals surface area contributed by atoms with Gasteiger partial charge in [-0.1, -0.05) is 25.9 Å². The SMILES string of the molecule is CC(C)(CCNC(=O)CCCc1nc(C(C)(C)C)no1)C(=O)O. The molecule has 1 amide bonds. The summed E-state index contributed by atoms with van der Waals surface area (Å²) in [6.07, 6.45) is 1.91. The maximum absolute atomic E-state index is 11.7. The first-order chi connectivity index (χ1) is 10.5. The van der Waals surface area contributed by atoms with Crippen LogP contribution in [0.1, 0.15) is 65.6 Å². The number of carbonyl (C=O) groups excluding carboxylic acids is 1. The fourth-order valence-electron chi connectivity index (χ4n) is 1.77. The smallest absolute Gasteiger partial charge is 0.309 e. The zero-order chi connectivity index (χ0) is 17.7. The van der Waals surface area contributed by atoms with Crippen LogP contribution < -0.4 is 5.32 Å². The molecule has 0 aliphatic carbocycles. The highest BCUT2D eigenvalue weighted by atomic mass is 16.5. The van der Waals surface area contributed by atoms with Crippen LogP contribution in [0.3, 0.4) is 0 Å². The number of hydrogen-bond acceptors (Lipinski definition) is 5. The summed E-state index contributed by atoms with van der Waals surface area (Å²) in [7, 11) is 0. The van der Waals surface area contributed by atoms with Gasteiger partial charge < -0.3 is 14.9 Å². The van der Waals surface area contributed by atoms with Crippen molar-refractivity contribution < 1.29 is 19.2 Å². The highest BCUT2D eigenvalue weighted by molar-refractivity contribution is 5.76. The molecule has 0 fully saturated rings. The summed E-state index contributed by atoms with van der Waals surface area (Å²) in [5.74, 6) is 0.238. The molecular weight excluding hydrogens is 298 g/mol. The first-order valence-corrected chi connectivity index (χ1v) is 7.85. The van der Waals surface area contributed by atoms with Gasteiger partial charge in [-0.15, -0.1) is 0 Å². The van der Waals surface area contributed by atoms with Crippen molar-refractivity contribution in [3.63, 3.8) is 0 Å². The Bertz CT molecular complexity index is 544. The van der Waals surface area contributed by atoms with Gasteiger partial charge in [0.15, 0.2) is 5.82 Å². The van der Waals surface area contributed by atoms with Crippen LogP contribution in [-0.4, -0.2) is 33.7 Å². The van der Waals surface area contributed by atoms with Crippen LogP contribution in [0.15, 0.2) is 4.52 Å². The van der Waals surface area contributed by atoms with Gasteiger partial charge in [-0.3, -0.25) is 9.59 Å². The van der Waals surface area contributed by atoms with Crippen LogP contribution in [0.4, 0.5) is 0 Å². The zero-order valence-electron chi connectivity index (χ0n) is 14.6. The van der Waals surface area contributed by atoms with Crippen molar-refractivity contribution in [3.05, 3.63) is 11.7 Å². The summed E-state index contributed by atoms with van der Waals surface area (Å²) in [6.45, 7) is 9.66. The van der Waals surface area contributed by atoms with E-state index >= 15 is 0 Å². The van der Waals surface area contributed by atoms with E-state index in [0.29, 0.717) is 43.9 Å². The lowest BCUT2D eigenvalue weighted by Crippen LogP contribution is -2.31. The van der Waals surface area contributed by atoms with Crippen molar-refractivity contribution in [3.8, 4) is 0 Å². The number of aryl methyl sites for hydroxylation is 1. The third-order valence-electron chi connectivity index (χ3n) is 3.58. The Morgan fingerprint density at radius 1 is 1.22 bits per heavy atom. The topological polar surface area (TPSA) is 105 Å². The molecule has 0 spiro atoms. The number of carboxylic acid groups (broad SMARTS) is 1. The van der Waals surface area contributed by atoms with E-state index in [1.165, 1.54) is 0 Å². The summed E-state index contributed by atoms with van der Waals surface area (Å²) in [4.78, 5) is 27.0. The number of aromatic nitrogens is 2. The Kier molecular flexibility index (Phi) is 6.29. The molecule has 7 heteroatoms. The molecule has 1 heterocycles. The fraction of sp³-hybridized carbons (Fsp3) is 0.750. The summed E-state index contributed by atoms with van der Waals surface area (Å²) in [5.41, 5.74) is -0.990. The molecule has 1 rings (SSSR count). The average Bonchev–Trinajstić information content (AvgIpc) is 2.87. The predicted molar refractivity (Wildman–Crippen MR) is 85.0 cm³/mol. The van der Waals surface area contributed by atoms with Crippen molar-refractivity contribution in [1.29, 1.82) is 0 Å². The van der Waals surface area contributed by atoms with Gasteiger partial charge in [-0.25, -0.2) is 0 Å². The Hall–Kier alpha value is -1.92. The van der Waals surface area contributed by atoms with Crippen LogP contribution in [0.5, 0.6) is 0 Å². The van der Waals surface area contributed by atoms with Crippen LogP contribution >= 0.6 is 0 Å². The minimum Gasteiger partial charge on any atom is -0.481 e. The molecule has 0 aliphatic heterocycles. The largest absolute Gasteiger partial charge is 0.481 e. The number of rotatable bonds is 8. The third kappa shape index (κ3) is 6.38. The van der Waals surface area contributed by atoms with Gasteiger partial charge in [0.05, 0.1) is 5.41 Å². The molecule has 130 valence electrons. The molecular formula is C16H27N3O4. The van der Waals surface area contributed by atoms with Gasteiger partial charge in [-0.05, 0) is 26.7 Å². The van der Waals surface area contributed by atoms with Gasteiger partial charge in [0.25, 0.3) is 0 Å². The monoisotopic (exact) mass is 325 g/mol. The molecule has 0 saturated heterocycles. The van der Waals surface area contributed by atoms with E-state index in [9.17, 15) is 9.59 Å². The number of nitrogens with zero attached hydrogens (tertiary/aromatic N) is 2. The number of hydrogen-bond donors (Lipinski definition) is 2. The number of carboxylic acids is 1. The Labute approximate surface area is 136 Å². The summed E-state index contributed by atoms with van der Waals surface area (Å²) in [5, 5.41) is 15.7. The second kappa shape index (κ2) is 7.57. The Morgan fingerprint density at radius 3 is 2.39 bits per heavy atom. The molecule has 0 atom stereocenters. The summed E-state index contributed by atoms with van der Waals surface area (Å²) >= 11 is 0. The van der Waals surface area contributed by atoms with E-state index in [0.717, 1.165) is 0 Å². The summed E-state index contributed by atoms with van der Waals surface area (Å²) in [6, 6.07) is 0. The molecule has 23 heavy (non-hydrogen) atoms. The third-order valence-corrected chi connectivity index (χ3v) is 3.58. The molecule has 0 saturated carbocycles. The second-order valence-corrected chi connectivity index (χ2v) is 7.40. The molecule has 0 aliphatic rings. The van der Waals surface area contributed by atoms with Crippen LogP contribution in [0.2, 0.25) is 0 Å². The number of carbonyl (C=O) groups is 2. The van der Waals surface area contributed by atoms with Crippen molar-refractivity contribution in [2.24, 2.45) is 5.41 Å². The molecule has 0 radical (unpaired) electrons. The maximum Gasteiger partial charge on any atom is 0.309 e. The minimum absolute atomic E-state index is 0.0956. The van der Waals surface area contributed by atoms with Gasteiger partial charge >= 0.3 is 5.97 Å². The van der Waals surface area contributed by atoms with E-state index in [-0.39, 0.29) is 11.3 Å². The molecule has 0 aromatic carbocycles. The lowest BCUT2D eigenvalue weighted by Gasteiger charge is -2.18. The lowest BCUT2D eigenvalue weighted by molar-refractivity contribution is -0.147. The predicted octanol–water partition coefficient (Wildman–Crippen LogP) is 2.31. The molecule has 0 unspecified atom stereocenters.